The van der Waals surface area contributed by atoms with Crippen molar-refractivity contribution in [3.8, 4) is 0 Å². The first kappa shape index (κ1) is 23.7. The van der Waals surface area contributed by atoms with E-state index in [-0.39, 0.29) is 0 Å². The summed E-state index contributed by atoms with van der Waals surface area (Å²) in [6.45, 7) is 8.63. The molecule has 0 fully saturated rings. The van der Waals surface area contributed by atoms with E-state index in [9.17, 15) is 9.13 Å². The van der Waals surface area contributed by atoms with Gasteiger partial charge in [0.2, 0.25) is 0 Å². The topological polar surface area (TPSA) is 34.1 Å². The number of benzene rings is 1. The molecule has 26 heavy (non-hydrogen) atoms. The molecule has 2 nitrogen and oxygen atoms in total. The highest BCUT2D eigenvalue weighted by Gasteiger charge is 2.26. The van der Waals surface area contributed by atoms with Crippen molar-refractivity contribution >= 4 is 24.9 Å². The quantitative estimate of drug-likeness (QED) is 0.321. The van der Waals surface area contributed by atoms with Gasteiger partial charge in [-0.1, -0.05) is 77.6 Å². The van der Waals surface area contributed by atoms with Crippen molar-refractivity contribution in [2.24, 2.45) is 0 Å². The van der Waals surface area contributed by atoms with E-state index in [4.69, 9.17) is 0 Å². The molecule has 0 aromatic heterocycles. The summed E-state index contributed by atoms with van der Waals surface area (Å²) in [5.74, 6) is 0. The summed E-state index contributed by atoms with van der Waals surface area (Å²) in [7, 11) is -4.62. The third kappa shape index (κ3) is 7.01. The molecule has 0 heterocycles. The van der Waals surface area contributed by atoms with Gasteiger partial charge in [-0.05, 0) is 25.7 Å². The van der Waals surface area contributed by atoms with Gasteiger partial charge in [0, 0.05) is 35.3 Å². The van der Waals surface area contributed by atoms with Crippen LogP contribution in [0.25, 0.3) is 0 Å². The standard InChI is InChI=1S/C22H40O2P2/c1-5-9-17-25(23,18-10-6-2)21-13-15-22(16-14-21)26(24,19-11-7-3)20-12-8-4/h13-16H,5-12,17-20H2,1-4H3. The van der Waals surface area contributed by atoms with Crippen LogP contribution in [0.4, 0.5) is 0 Å². The van der Waals surface area contributed by atoms with Crippen LogP contribution in [-0.2, 0) is 9.13 Å². The van der Waals surface area contributed by atoms with Crippen LogP contribution in [0.3, 0.4) is 0 Å². The van der Waals surface area contributed by atoms with Crippen molar-refractivity contribution in [2.75, 3.05) is 24.6 Å². The molecular formula is C22H40O2P2. The Bertz CT molecular complexity index is 516. The minimum absolute atomic E-state index is 0.812. The summed E-state index contributed by atoms with van der Waals surface area (Å²) in [6.07, 6.45) is 11.7. The zero-order chi connectivity index (χ0) is 19.5. The van der Waals surface area contributed by atoms with Gasteiger partial charge in [-0.2, -0.15) is 0 Å². The second-order valence-corrected chi connectivity index (χ2v) is 14.0. The summed E-state index contributed by atoms with van der Waals surface area (Å²) in [5, 5.41) is 2.00. The molecule has 0 radical (unpaired) electrons. The fourth-order valence-electron chi connectivity index (χ4n) is 3.39. The average molecular weight is 399 g/mol. The lowest BCUT2D eigenvalue weighted by molar-refractivity contribution is 0.575. The van der Waals surface area contributed by atoms with Crippen LogP contribution >= 0.6 is 14.3 Å². The predicted octanol–water partition coefficient (Wildman–Crippen LogP) is 6.86. The van der Waals surface area contributed by atoms with Gasteiger partial charge >= 0.3 is 0 Å². The molecule has 1 rings (SSSR count). The summed E-state index contributed by atoms with van der Waals surface area (Å²) in [5.41, 5.74) is 0. The Labute approximate surface area is 162 Å². The zero-order valence-corrected chi connectivity index (χ0v) is 19.3. The maximum absolute atomic E-state index is 13.6. The monoisotopic (exact) mass is 398 g/mol. The number of rotatable bonds is 14. The van der Waals surface area contributed by atoms with Gasteiger partial charge in [0.05, 0.1) is 0 Å². The molecule has 0 bridgehead atoms. The highest BCUT2D eigenvalue weighted by atomic mass is 31.2. The maximum atomic E-state index is 13.6. The number of unbranched alkanes of at least 4 members (excludes halogenated alkanes) is 4. The lowest BCUT2D eigenvalue weighted by atomic mass is 10.4. The molecular weight excluding hydrogens is 358 g/mol. The molecule has 0 unspecified atom stereocenters. The fraction of sp³-hybridized carbons (Fsp3) is 0.727. The smallest absolute Gasteiger partial charge is 0.115 e. The Hall–Kier alpha value is -0.320. The molecule has 0 aliphatic carbocycles. The van der Waals surface area contributed by atoms with E-state index < -0.39 is 14.3 Å². The molecule has 0 saturated carbocycles. The van der Waals surface area contributed by atoms with Crippen LogP contribution in [-0.4, -0.2) is 24.6 Å². The minimum Gasteiger partial charge on any atom is -0.319 e. The maximum Gasteiger partial charge on any atom is 0.115 e. The minimum atomic E-state index is -2.31. The predicted molar refractivity (Wildman–Crippen MR) is 120 cm³/mol. The van der Waals surface area contributed by atoms with E-state index >= 15 is 0 Å². The number of hydrogen-bond donors (Lipinski definition) is 0. The first-order chi connectivity index (χ1) is 12.5. The Kier molecular flexibility index (Phi) is 11.1. The summed E-state index contributed by atoms with van der Waals surface area (Å²) >= 11 is 0. The van der Waals surface area contributed by atoms with Crippen molar-refractivity contribution in [1.29, 1.82) is 0 Å². The second kappa shape index (κ2) is 12.2. The van der Waals surface area contributed by atoms with Crippen LogP contribution in [0.15, 0.2) is 24.3 Å². The Morgan fingerprint density at radius 3 is 0.962 bits per heavy atom. The average Bonchev–Trinajstić information content (AvgIpc) is 2.67. The van der Waals surface area contributed by atoms with Gasteiger partial charge in [0.1, 0.15) is 14.3 Å². The van der Waals surface area contributed by atoms with Crippen LogP contribution < -0.4 is 10.6 Å². The van der Waals surface area contributed by atoms with Crippen LogP contribution in [0.5, 0.6) is 0 Å². The van der Waals surface area contributed by atoms with Gasteiger partial charge in [-0.3, -0.25) is 0 Å². The van der Waals surface area contributed by atoms with E-state index in [0.717, 1.165) is 86.6 Å². The SMILES string of the molecule is CCCCP(=O)(CCCC)c1ccc(P(=O)(CCCC)CCCC)cc1. The van der Waals surface area contributed by atoms with Crippen molar-refractivity contribution < 1.29 is 9.13 Å². The molecule has 0 spiro atoms. The van der Waals surface area contributed by atoms with Gasteiger partial charge in [-0.15, -0.1) is 0 Å². The highest BCUT2D eigenvalue weighted by molar-refractivity contribution is 7.72. The Morgan fingerprint density at radius 1 is 0.538 bits per heavy atom. The molecule has 4 heteroatoms. The second-order valence-electron chi connectivity index (χ2n) is 7.60. The Balaban J connectivity index is 3.08. The summed E-state index contributed by atoms with van der Waals surface area (Å²) in [6, 6.07) is 8.13. The lowest BCUT2D eigenvalue weighted by Crippen LogP contribution is -2.17. The molecule has 0 aliphatic heterocycles. The molecule has 0 N–H and O–H groups in total. The highest BCUT2D eigenvalue weighted by Crippen LogP contribution is 2.48. The van der Waals surface area contributed by atoms with Crippen molar-refractivity contribution in [3.05, 3.63) is 24.3 Å². The third-order valence-electron chi connectivity index (χ3n) is 5.28. The lowest BCUT2D eigenvalue weighted by Gasteiger charge is -2.21. The van der Waals surface area contributed by atoms with Crippen molar-refractivity contribution in [1.82, 2.24) is 0 Å². The normalized spacial score (nSPS) is 12.5. The largest absolute Gasteiger partial charge is 0.319 e. The Morgan fingerprint density at radius 2 is 0.769 bits per heavy atom. The number of hydrogen-bond acceptors (Lipinski definition) is 2. The fourth-order valence-corrected chi connectivity index (χ4v) is 9.56. The molecule has 0 atom stereocenters. The molecule has 0 saturated heterocycles. The summed E-state index contributed by atoms with van der Waals surface area (Å²) < 4.78 is 27.1. The first-order valence-corrected chi connectivity index (χ1v) is 14.9. The van der Waals surface area contributed by atoms with Crippen LogP contribution in [0.2, 0.25) is 0 Å². The zero-order valence-electron chi connectivity index (χ0n) is 17.5. The van der Waals surface area contributed by atoms with E-state index in [1.807, 2.05) is 24.3 Å². The van der Waals surface area contributed by atoms with Crippen LogP contribution in [0.1, 0.15) is 79.1 Å². The third-order valence-corrected chi connectivity index (χ3v) is 11.9. The van der Waals surface area contributed by atoms with Gasteiger partial charge in [0.15, 0.2) is 0 Å². The summed E-state index contributed by atoms with van der Waals surface area (Å²) in [4.78, 5) is 0. The molecule has 1 aromatic carbocycles. The molecule has 150 valence electrons. The van der Waals surface area contributed by atoms with E-state index in [0.29, 0.717) is 0 Å². The van der Waals surface area contributed by atoms with Gasteiger partial charge in [0.25, 0.3) is 0 Å². The van der Waals surface area contributed by atoms with Crippen molar-refractivity contribution in [2.45, 2.75) is 79.1 Å². The van der Waals surface area contributed by atoms with E-state index in [2.05, 4.69) is 27.7 Å². The molecule has 0 amide bonds. The first-order valence-electron chi connectivity index (χ1n) is 10.7. The van der Waals surface area contributed by atoms with Crippen molar-refractivity contribution in [3.63, 3.8) is 0 Å². The molecule has 1 aromatic rings. The van der Waals surface area contributed by atoms with Crippen LogP contribution in [0, 0.1) is 0 Å². The van der Waals surface area contributed by atoms with E-state index in [1.54, 1.807) is 0 Å². The van der Waals surface area contributed by atoms with E-state index in [1.165, 1.54) is 0 Å². The van der Waals surface area contributed by atoms with Gasteiger partial charge < -0.3 is 9.13 Å². The molecule has 0 aliphatic rings. The van der Waals surface area contributed by atoms with Gasteiger partial charge in [-0.25, -0.2) is 0 Å².